The van der Waals surface area contributed by atoms with Crippen molar-refractivity contribution in [2.45, 2.75) is 0 Å². The van der Waals surface area contributed by atoms with Crippen molar-refractivity contribution in [1.29, 1.82) is 0 Å². The maximum Gasteiger partial charge on any atom is 0.354 e. The Hall–Kier alpha value is -0.330. The minimum Gasteiger partial charge on any atom is -0.478 e. The zero-order valence-electron chi connectivity index (χ0n) is 6.74. The summed E-state index contributed by atoms with van der Waals surface area (Å²) in [5.74, 6) is 0.0730. The minimum absolute atomic E-state index is 0.149. The van der Waals surface area contributed by atoms with Gasteiger partial charge >= 0.3 is 5.97 Å². The van der Waals surface area contributed by atoms with Gasteiger partial charge in [0.05, 0.1) is 17.6 Å². The zero-order valence-corrected chi connectivity index (χ0v) is 8.37. The Morgan fingerprint density at radius 3 is 3.17 bits per heavy atom. The summed E-state index contributed by atoms with van der Waals surface area (Å²) in [4.78, 5) is 12.3. The molecule has 1 rings (SSSR count). The van der Waals surface area contributed by atoms with E-state index in [2.05, 4.69) is 5.32 Å². The van der Waals surface area contributed by atoms with Crippen LogP contribution < -0.4 is 5.32 Å². The molecule has 2 N–H and O–H groups in total. The third-order valence-corrected chi connectivity index (χ3v) is 4.45. The Labute approximate surface area is 79.3 Å². The molecule has 1 aliphatic heterocycles. The van der Waals surface area contributed by atoms with E-state index in [1.807, 2.05) is 11.9 Å². The third-order valence-electron chi connectivity index (χ3n) is 1.48. The Bertz CT molecular complexity index is 210. The van der Waals surface area contributed by atoms with Crippen LogP contribution in [0.5, 0.6) is 0 Å². The smallest absolute Gasteiger partial charge is 0.354 e. The molecule has 0 bridgehead atoms. The molecule has 1 unspecified atom stereocenters. The highest BCUT2D eigenvalue weighted by Crippen LogP contribution is 2.07. The van der Waals surface area contributed by atoms with Gasteiger partial charge in [0.25, 0.3) is 4.32 Å². The lowest BCUT2D eigenvalue weighted by Gasteiger charge is -2.24. The monoisotopic (exact) mass is 207 g/mol. The van der Waals surface area contributed by atoms with Gasteiger partial charge in [0.1, 0.15) is 0 Å². The van der Waals surface area contributed by atoms with Gasteiger partial charge in [-0.3, -0.25) is 5.32 Å². The highest BCUT2D eigenvalue weighted by atomic mass is 32.2. The molecule has 0 aromatic heterocycles. The van der Waals surface area contributed by atoms with Crippen molar-refractivity contribution >= 4 is 33.4 Å². The summed E-state index contributed by atoms with van der Waals surface area (Å²) in [7, 11) is 1.57. The molecule has 0 aromatic carbocycles. The molecule has 0 amide bonds. The van der Waals surface area contributed by atoms with Gasteiger partial charge < -0.3 is 10.0 Å². The van der Waals surface area contributed by atoms with Crippen LogP contribution in [0.25, 0.3) is 0 Å². The van der Waals surface area contributed by atoms with Gasteiger partial charge in [-0.2, -0.15) is 0 Å². The van der Waals surface area contributed by atoms with E-state index in [4.69, 9.17) is 17.3 Å². The van der Waals surface area contributed by atoms with E-state index in [9.17, 15) is 4.79 Å². The van der Waals surface area contributed by atoms with Crippen LogP contribution in [0.3, 0.4) is 0 Å². The quantitative estimate of drug-likeness (QED) is 0.469. The molecule has 0 aromatic rings. The van der Waals surface area contributed by atoms with Gasteiger partial charge in [0.15, 0.2) is 5.88 Å². The van der Waals surface area contributed by atoms with E-state index < -0.39 is 5.97 Å². The van der Waals surface area contributed by atoms with Crippen molar-refractivity contribution in [3.8, 4) is 0 Å². The summed E-state index contributed by atoms with van der Waals surface area (Å²) in [6, 6.07) is 0. The van der Waals surface area contributed by atoms with Gasteiger partial charge in [-0.25, -0.2) is 4.79 Å². The number of carboxylic acids is 1. The van der Waals surface area contributed by atoms with E-state index in [0.29, 0.717) is 5.88 Å². The molecule has 12 heavy (non-hydrogen) atoms. The minimum atomic E-state index is -0.780. The zero-order chi connectivity index (χ0) is 9.14. The second kappa shape index (κ2) is 4.06. The van der Waals surface area contributed by atoms with Crippen molar-refractivity contribution in [3.05, 3.63) is 0 Å². The predicted molar refractivity (Wildman–Crippen MR) is 53.1 cm³/mol. The first-order chi connectivity index (χ1) is 5.61. The van der Waals surface area contributed by atoms with Crippen LogP contribution in [0.2, 0.25) is 0 Å². The van der Waals surface area contributed by atoms with Crippen molar-refractivity contribution < 1.29 is 9.90 Å². The Balaban J connectivity index is 2.52. The van der Waals surface area contributed by atoms with E-state index in [1.165, 1.54) is 0 Å². The summed E-state index contributed by atoms with van der Waals surface area (Å²) in [5, 5.41) is 11.7. The Morgan fingerprint density at radius 1 is 1.92 bits per heavy atom. The fraction of sp³-hybridized carbons (Fsp3) is 0.667. The summed E-state index contributed by atoms with van der Waals surface area (Å²) in [5.41, 5.74) is 0. The number of thiocarbonyl (C=S) groups is 1. The molecule has 6 heteroatoms. The molecule has 4 nitrogen and oxygen atoms in total. The average molecular weight is 207 g/mol. The number of nitrogens with one attached hydrogen (secondary N) is 1. The number of aliphatic carboxylic acids is 1. The third kappa shape index (κ3) is 2.33. The van der Waals surface area contributed by atoms with E-state index >= 15 is 0 Å². The van der Waals surface area contributed by atoms with Crippen molar-refractivity contribution in [2.24, 2.45) is 0 Å². The van der Waals surface area contributed by atoms with Gasteiger partial charge in [0.2, 0.25) is 5.75 Å². The number of nitrogens with zero attached hydrogens (tertiary/aromatic N) is 1. The topological polar surface area (TPSA) is 52.6 Å². The van der Waals surface area contributed by atoms with Gasteiger partial charge in [-0.15, -0.1) is 0 Å². The fourth-order valence-corrected chi connectivity index (χ4v) is 2.85. The van der Waals surface area contributed by atoms with Gasteiger partial charge in [-0.05, 0) is 12.2 Å². The summed E-state index contributed by atoms with van der Waals surface area (Å²) < 4.78 is 0.774. The maximum atomic E-state index is 10.4. The van der Waals surface area contributed by atoms with Crippen LogP contribution in [0.1, 0.15) is 0 Å². The predicted octanol–water partition coefficient (Wildman–Crippen LogP) is -0.576. The molecule has 1 atom stereocenters. The van der Waals surface area contributed by atoms with E-state index in [1.54, 1.807) is 0 Å². The molecule has 1 heterocycles. The lowest BCUT2D eigenvalue weighted by atomic mass is 10.8. The van der Waals surface area contributed by atoms with Crippen LogP contribution in [0.15, 0.2) is 0 Å². The number of hydrogen-bond donors (Lipinski definition) is 2. The molecule has 0 aliphatic carbocycles. The van der Waals surface area contributed by atoms with Gasteiger partial charge in [0, 0.05) is 7.05 Å². The highest BCUT2D eigenvalue weighted by molar-refractivity contribution is 8.20. The normalized spacial score (nSPS) is 24.2. The molecular weight excluding hydrogens is 196 g/mol. The largest absolute Gasteiger partial charge is 0.478 e. The number of hydrogen-bond acceptors (Lipinski definition) is 3. The standard InChI is InChI=1S/C6H10N2O2S2/c1-8-3-7-4-12(6(8)11)2-5(9)10/h7H,2-4H2,1H3/p+1. The summed E-state index contributed by atoms with van der Waals surface area (Å²) >= 11 is 5.10. The molecule has 0 radical (unpaired) electrons. The van der Waals surface area contributed by atoms with Crippen molar-refractivity contribution in [2.75, 3.05) is 25.3 Å². The van der Waals surface area contributed by atoms with Gasteiger partial charge in [-0.1, -0.05) is 0 Å². The second-order valence-corrected chi connectivity index (χ2v) is 5.14. The van der Waals surface area contributed by atoms with Crippen LogP contribution in [0, 0.1) is 0 Å². The Morgan fingerprint density at radius 2 is 2.58 bits per heavy atom. The maximum absolute atomic E-state index is 10.4. The molecule has 1 saturated heterocycles. The average Bonchev–Trinajstić information content (AvgIpc) is 1.98. The molecule has 1 fully saturated rings. The SMILES string of the molecule is CN1CNC[S+](CC(=O)O)C1=S. The lowest BCUT2D eigenvalue weighted by Crippen LogP contribution is -2.50. The summed E-state index contributed by atoms with van der Waals surface area (Å²) in [6.45, 7) is 0.724. The van der Waals surface area contributed by atoms with Crippen molar-refractivity contribution in [1.82, 2.24) is 10.2 Å². The number of carboxylic acid groups (broad SMARTS) is 1. The van der Waals surface area contributed by atoms with E-state index in [-0.39, 0.29) is 16.6 Å². The van der Waals surface area contributed by atoms with Crippen LogP contribution in [-0.2, 0) is 15.7 Å². The molecule has 0 spiro atoms. The molecular formula is C6H11N2O2S2+. The van der Waals surface area contributed by atoms with Crippen LogP contribution in [0.4, 0.5) is 0 Å². The van der Waals surface area contributed by atoms with Crippen LogP contribution >= 0.6 is 12.2 Å². The number of carbonyl (C=O) groups is 1. The van der Waals surface area contributed by atoms with Crippen molar-refractivity contribution in [3.63, 3.8) is 0 Å². The molecule has 0 saturated carbocycles. The fourth-order valence-electron chi connectivity index (χ4n) is 0.945. The molecule has 68 valence electrons. The molecule has 1 aliphatic rings. The lowest BCUT2D eigenvalue weighted by molar-refractivity contribution is -0.133. The first-order valence-corrected chi connectivity index (χ1v) is 5.43. The first kappa shape index (κ1) is 9.76. The highest BCUT2D eigenvalue weighted by Gasteiger charge is 2.34. The first-order valence-electron chi connectivity index (χ1n) is 3.46. The Kier molecular flexibility index (Phi) is 3.30. The second-order valence-electron chi connectivity index (χ2n) is 2.55. The number of rotatable bonds is 2. The van der Waals surface area contributed by atoms with Crippen LogP contribution in [-0.4, -0.2) is 45.6 Å². The van der Waals surface area contributed by atoms with E-state index in [0.717, 1.165) is 11.0 Å². The summed E-state index contributed by atoms with van der Waals surface area (Å²) in [6.07, 6.45) is 0.